The molecule has 3 aromatic rings. The van der Waals surface area contributed by atoms with Gasteiger partial charge in [0.05, 0.1) is 18.7 Å². The second kappa shape index (κ2) is 18.0. The lowest BCUT2D eigenvalue weighted by Crippen LogP contribution is -2.63. The van der Waals surface area contributed by atoms with Crippen LogP contribution in [0.3, 0.4) is 0 Å². The van der Waals surface area contributed by atoms with Crippen molar-refractivity contribution in [3.63, 3.8) is 0 Å². The van der Waals surface area contributed by atoms with Crippen LogP contribution >= 0.6 is 11.8 Å². The molecule has 0 saturated carbocycles. The molecule has 4 unspecified atom stereocenters. The van der Waals surface area contributed by atoms with E-state index in [1.54, 1.807) is 39.8 Å². The lowest BCUT2D eigenvalue weighted by atomic mass is 9.87. The number of ether oxygens (including phenoxy) is 2. The van der Waals surface area contributed by atoms with Crippen LogP contribution in [0, 0.1) is 0 Å². The van der Waals surface area contributed by atoms with Crippen molar-refractivity contribution in [3.05, 3.63) is 100 Å². The molecule has 0 spiro atoms. The van der Waals surface area contributed by atoms with Gasteiger partial charge < -0.3 is 30.3 Å². The summed E-state index contributed by atoms with van der Waals surface area (Å²) in [5, 5.41) is 9.09. The molecule has 58 heavy (non-hydrogen) atoms. The van der Waals surface area contributed by atoms with Crippen LogP contribution in [0.25, 0.3) is 0 Å². The van der Waals surface area contributed by atoms with E-state index in [1.165, 1.54) is 65.5 Å². The summed E-state index contributed by atoms with van der Waals surface area (Å²) in [6.07, 6.45) is 3.95. The molecular weight excluding hydrogens is 759 g/mol. The molecule has 0 radical (unpaired) electrons. The quantitative estimate of drug-likeness (QED) is 0.196. The van der Waals surface area contributed by atoms with Crippen molar-refractivity contribution in [1.82, 2.24) is 20.4 Å². The number of aryl methyl sites for hydroxylation is 1. The lowest BCUT2D eigenvalue weighted by Gasteiger charge is -2.42. The number of fused-ring (bicyclic) bond motifs is 2. The molecule has 1 aliphatic heterocycles. The number of methoxy groups -OCH3 is 1. The summed E-state index contributed by atoms with van der Waals surface area (Å²) in [7, 11) is 2.75. The highest BCUT2D eigenvalue weighted by Crippen LogP contribution is 2.34. The maximum absolute atomic E-state index is 15.0. The Balaban J connectivity index is 1.45. The minimum absolute atomic E-state index is 0.0231. The molecule has 0 saturated heterocycles. The first-order valence-corrected chi connectivity index (χ1v) is 20.7. The number of hydrogen-bond donors (Lipinski definition) is 3. The number of amides is 5. The van der Waals surface area contributed by atoms with Crippen molar-refractivity contribution < 1.29 is 38.2 Å². The predicted molar refractivity (Wildman–Crippen MR) is 223 cm³/mol. The van der Waals surface area contributed by atoms with Crippen LogP contribution < -0.4 is 16.0 Å². The maximum Gasteiger partial charge on any atom is 0.410 e. The summed E-state index contributed by atoms with van der Waals surface area (Å²) < 4.78 is 9.39. The Morgan fingerprint density at radius 2 is 1.57 bits per heavy atom. The number of hydrogen-bond acceptors (Lipinski definition) is 9. The SMILES string of the molecule is COC(=O)c1ccc(C(=O)Nc2ccc3c(c2)CN(C(=O)C(NC(=O)C(C)N(C)C(=O)OC(C)(C)C)C(C)(C)SC)C(C(=O)NC2CCCc4ccccc42)C3)cc1. The number of rotatable bonds is 11. The van der Waals surface area contributed by atoms with Gasteiger partial charge >= 0.3 is 12.1 Å². The standard InChI is InChI=1S/C44H55N5O8S/c1-26(48(7)42(55)57-43(2,3)4)37(50)47-36(44(5,6)58-9)40(53)49-25-31-23-32(45-38(51)28-17-19-29(20-18-28)41(54)56-8)22-21-30(31)24-35(49)39(52)46-34-16-12-14-27-13-10-11-15-33(27)34/h10-11,13,15,17-23,26,34-36H,12,14,16,24-25H2,1-9H3,(H,45,51)(H,46,52)(H,47,50). The Bertz CT molecular complexity index is 2050. The number of esters is 1. The van der Waals surface area contributed by atoms with E-state index in [0.29, 0.717) is 16.8 Å². The minimum Gasteiger partial charge on any atom is -0.465 e. The van der Waals surface area contributed by atoms with Gasteiger partial charge in [-0.25, -0.2) is 9.59 Å². The van der Waals surface area contributed by atoms with Gasteiger partial charge in [-0.3, -0.25) is 24.1 Å². The summed E-state index contributed by atoms with van der Waals surface area (Å²) in [5.41, 5.74) is 4.15. The van der Waals surface area contributed by atoms with Crippen LogP contribution in [0.15, 0.2) is 66.7 Å². The highest BCUT2D eigenvalue weighted by atomic mass is 32.2. The van der Waals surface area contributed by atoms with Crippen molar-refractivity contribution in [2.24, 2.45) is 0 Å². The molecule has 13 nitrogen and oxygen atoms in total. The molecule has 310 valence electrons. The number of benzene rings is 3. The molecule has 14 heteroatoms. The molecule has 0 fully saturated rings. The van der Waals surface area contributed by atoms with Crippen LogP contribution in [-0.4, -0.2) is 94.4 Å². The van der Waals surface area contributed by atoms with E-state index in [2.05, 4.69) is 22.0 Å². The molecule has 0 bridgehead atoms. The van der Waals surface area contributed by atoms with E-state index in [1.807, 2.05) is 44.4 Å². The molecular formula is C44H55N5O8S. The van der Waals surface area contributed by atoms with E-state index < -0.39 is 58.3 Å². The second-order valence-electron chi connectivity index (χ2n) is 16.4. The van der Waals surface area contributed by atoms with Crippen molar-refractivity contribution in [2.75, 3.05) is 25.7 Å². The number of anilines is 1. The van der Waals surface area contributed by atoms with Crippen LogP contribution in [0.2, 0.25) is 0 Å². The van der Waals surface area contributed by atoms with E-state index >= 15 is 4.79 Å². The molecule has 2 aliphatic rings. The fourth-order valence-electron chi connectivity index (χ4n) is 7.13. The topological polar surface area (TPSA) is 163 Å². The fraction of sp³-hybridized carbons (Fsp3) is 0.455. The van der Waals surface area contributed by atoms with Crippen molar-refractivity contribution >= 4 is 53.1 Å². The summed E-state index contributed by atoms with van der Waals surface area (Å²) in [6, 6.07) is 16.3. The average Bonchev–Trinajstić information content (AvgIpc) is 3.20. The highest BCUT2D eigenvalue weighted by molar-refractivity contribution is 8.00. The Morgan fingerprint density at radius 1 is 0.897 bits per heavy atom. The summed E-state index contributed by atoms with van der Waals surface area (Å²) in [6.45, 7) is 10.5. The van der Waals surface area contributed by atoms with Gasteiger partial charge in [0.1, 0.15) is 23.7 Å². The average molecular weight is 814 g/mol. The van der Waals surface area contributed by atoms with Gasteiger partial charge in [-0.1, -0.05) is 30.3 Å². The Kier molecular flexibility index (Phi) is 13.6. The van der Waals surface area contributed by atoms with Gasteiger partial charge in [0.25, 0.3) is 5.91 Å². The van der Waals surface area contributed by atoms with Gasteiger partial charge in [0.2, 0.25) is 17.7 Å². The summed E-state index contributed by atoms with van der Waals surface area (Å²) >= 11 is 1.39. The lowest BCUT2D eigenvalue weighted by molar-refractivity contribution is -0.145. The van der Waals surface area contributed by atoms with Gasteiger partial charge in [-0.15, -0.1) is 0 Å². The van der Waals surface area contributed by atoms with Crippen LogP contribution in [-0.2, 0) is 43.2 Å². The van der Waals surface area contributed by atoms with Gasteiger partial charge in [-0.05, 0) is 126 Å². The first-order valence-electron chi connectivity index (χ1n) is 19.4. The number of carbonyl (C=O) groups excluding carboxylic acids is 6. The highest BCUT2D eigenvalue weighted by Gasteiger charge is 2.45. The monoisotopic (exact) mass is 813 g/mol. The van der Waals surface area contributed by atoms with Gasteiger partial charge in [-0.2, -0.15) is 11.8 Å². The predicted octanol–water partition coefficient (Wildman–Crippen LogP) is 6.05. The number of thioether (sulfide) groups is 1. The van der Waals surface area contributed by atoms with Crippen molar-refractivity contribution in [3.8, 4) is 0 Å². The molecule has 5 amide bonds. The first kappa shape index (κ1) is 43.7. The molecule has 3 N–H and O–H groups in total. The number of nitrogens with one attached hydrogen (secondary N) is 3. The van der Waals surface area contributed by atoms with Gasteiger partial charge in [0, 0.05) is 36.0 Å². The molecule has 1 aliphatic carbocycles. The van der Waals surface area contributed by atoms with Crippen LogP contribution in [0.4, 0.5) is 10.5 Å². The molecule has 4 atom stereocenters. The fourth-order valence-corrected chi connectivity index (χ4v) is 7.52. The molecule has 1 heterocycles. The Labute approximate surface area is 345 Å². The number of carbonyl (C=O) groups is 6. The van der Waals surface area contributed by atoms with Crippen LogP contribution in [0.5, 0.6) is 0 Å². The van der Waals surface area contributed by atoms with E-state index in [4.69, 9.17) is 9.47 Å². The summed E-state index contributed by atoms with van der Waals surface area (Å²) in [5.74, 6) is -2.24. The minimum atomic E-state index is -1.10. The maximum atomic E-state index is 15.0. The smallest absolute Gasteiger partial charge is 0.410 e. The molecule has 0 aromatic heterocycles. The zero-order chi connectivity index (χ0) is 42.5. The van der Waals surface area contributed by atoms with Crippen molar-refractivity contribution in [2.45, 2.75) is 108 Å². The molecule has 3 aromatic carbocycles. The zero-order valence-electron chi connectivity index (χ0n) is 34.8. The largest absolute Gasteiger partial charge is 0.465 e. The third-order valence-corrected chi connectivity index (χ3v) is 12.1. The Morgan fingerprint density at radius 3 is 2.22 bits per heavy atom. The van der Waals surface area contributed by atoms with E-state index in [9.17, 15) is 24.0 Å². The third kappa shape index (κ3) is 10.2. The van der Waals surface area contributed by atoms with Gasteiger partial charge in [0.15, 0.2) is 0 Å². The number of nitrogens with zero attached hydrogens (tertiary/aromatic N) is 2. The first-order chi connectivity index (χ1) is 27.3. The normalized spacial score (nSPS) is 17.4. The third-order valence-electron chi connectivity index (χ3n) is 10.8. The van der Waals surface area contributed by atoms with Crippen LogP contribution in [0.1, 0.15) is 103 Å². The Hall–Kier alpha value is -5.37. The summed E-state index contributed by atoms with van der Waals surface area (Å²) in [4.78, 5) is 84.1. The molecule has 5 rings (SSSR count). The number of likely N-dealkylation sites (N-methyl/N-ethyl adjacent to an activating group) is 1. The zero-order valence-corrected chi connectivity index (χ0v) is 35.6. The van der Waals surface area contributed by atoms with Crippen molar-refractivity contribution in [1.29, 1.82) is 0 Å². The second-order valence-corrected chi connectivity index (χ2v) is 17.8. The van der Waals surface area contributed by atoms with E-state index in [0.717, 1.165) is 36.0 Å². The van der Waals surface area contributed by atoms with E-state index in [-0.39, 0.29) is 24.9 Å².